The normalized spacial score (nSPS) is 18.0. The summed E-state index contributed by atoms with van der Waals surface area (Å²) in [4.78, 5) is 8.70. The predicted octanol–water partition coefficient (Wildman–Crippen LogP) is 5.42. The van der Waals surface area contributed by atoms with Crippen molar-refractivity contribution >= 4 is 46.2 Å². The van der Waals surface area contributed by atoms with E-state index in [1.807, 2.05) is 60.7 Å². The van der Waals surface area contributed by atoms with E-state index in [1.54, 1.807) is 12.1 Å². The quantitative estimate of drug-likeness (QED) is 0.724. The average Bonchev–Trinajstić information content (AvgIpc) is 2.65. The molecule has 4 rings (SSSR count). The Morgan fingerprint density at radius 3 is 2.35 bits per heavy atom. The lowest BCUT2D eigenvalue weighted by Crippen LogP contribution is -2.32. The number of rotatable bonds is 3. The molecule has 2 aromatic rings. The van der Waals surface area contributed by atoms with Crippen molar-refractivity contribution < 1.29 is 4.74 Å². The van der Waals surface area contributed by atoms with Crippen LogP contribution < -0.4 is 10.1 Å². The predicted molar refractivity (Wildman–Crippen MR) is 111 cm³/mol. The highest BCUT2D eigenvalue weighted by Gasteiger charge is 2.24. The summed E-state index contributed by atoms with van der Waals surface area (Å²) in [5.74, 6) is 2.24. The summed E-state index contributed by atoms with van der Waals surface area (Å²) in [6.07, 6.45) is 7.93. The van der Waals surface area contributed by atoms with Crippen LogP contribution in [-0.2, 0) is 0 Å². The smallest absolute Gasteiger partial charge is 0.221 e. The molecule has 1 heterocycles. The van der Waals surface area contributed by atoms with Crippen LogP contribution in [-0.4, -0.2) is 16.7 Å². The molecular formula is C20H14ClN3OS. The zero-order valence-corrected chi connectivity index (χ0v) is 15.2. The molecule has 0 radical (unpaired) electrons. The van der Waals surface area contributed by atoms with Crippen LogP contribution in [0.4, 0.5) is 5.69 Å². The molecule has 0 bridgehead atoms. The van der Waals surface area contributed by atoms with Crippen molar-refractivity contribution in [2.75, 3.05) is 5.32 Å². The number of aliphatic imine (C=N–C) groups is 2. The monoisotopic (exact) mass is 379 g/mol. The Bertz CT molecular complexity index is 960. The van der Waals surface area contributed by atoms with E-state index in [-0.39, 0.29) is 5.92 Å². The zero-order chi connectivity index (χ0) is 17.9. The van der Waals surface area contributed by atoms with Crippen LogP contribution in [0.25, 0.3) is 0 Å². The Morgan fingerprint density at radius 2 is 1.62 bits per heavy atom. The third-order valence-corrected chi connectivity index (χ3v) is 4.35. The molecule has 0 spiro atoms. The largest absolute Gasteiger partial charge is 0.457 e. The summed E-state index contributed by atoms with van der Waals surface area (Å²) in [5, 5.41) is 4.35. The Labute approximate surface area is 161 Å². The number of anilines is 1. The van der Waals surface area contributed by atoms with Gasteiger partial charge in [0.1, 0.15) is 17.3 Å². The zero-order valence-electron chi connectivity index (χ0n) is 13.6. The number of ether oxygens (including phenoxy) is 1. The van der Waals surface area contributed by atoms with Crippen molar-refractivity contribution in [2.45, 2.75) is 0 Å². The molecule has 1 atom stereocenters. The molecule has 6 heteroatoms. The SMILES string of the molecule is S=C1N=C2C=CC=CC2C(Nc2ccc(Oc3ccc(Cl)cc3)cc2)=N1. The van der Waals surface area contributed by atoms with Crippen molar-refractivity contribution in [1.29, 1.82) is 0 Å². The molecule has 0 amide bonds. The van der Waals surface area contributed by atoms with Crippen molar-refractivity contribution in [3.63, 3.8) is 0 Å². The van der Waals surface area contributed by atoms with Gasteiger partial charge in [0.15, 0.2) is 0 Å². The Hall–Kier alpha value is -2.76. The molecule has 26 heavy (non-hydrogen) atoms. The Kier molecular flexibility index (Phi) is 4.65. The van der Waals surface area contributed by atoms with Crippen LogP contribution in [0, 0.1) is 5.92 Å². The summed E-state index contributed by atoms with van der Waals surface area (Å²) in [5.41, 5.74) is 1.80. The van der Waals surface area contributed by atoms with E-state index < -0.39 is 0 Å². The Morgan fingerprint density at radius 1 is 0.923 bits per heavy atom. The molecule has 4 nitrogen and oxygen atoms in total. The molecule has 0 saturated heterocycles. The van der Waals surface area contributed by atoms with E-state index in [1.165, 1.54) is 0 Å². The molecule has 0 saturated carbocycles. The fourth-order valence-electron chi connectivity index (χ4n) is 2.68. The minimum Gasteiger partial charge on any atom is -0.457 e. The van der Waals surface area contributed by atoms with E-state index in [2.05, 4.69) is 15.3 Å². The minimum absolute atomic E-state index is 0.00306. The van der Waals surface area contributed by atoms with Gasteiger partial charge in [-0.15, -0.1) is 0 Å². The van der Waals surface area contributed by atoms with Gasteiger partial charge in [-0.1, -0.05) is 29.8 Å². The van der Waals surface area contributed by atoms with Gasteiger partial charge in [0.25, 0.3) is 0 Å². The van der Waals surface area contributed by atoms with Gasteiger partial charge < -0.3 is 10.1 Å². The second kappa shape index (κ2) is 7.23. The lowest BCUT2D eigenvalue weighted by molar-refractivity contribution is 0.483. The van der Waals surface area contributed by atoms with E-state index in [9.17, 15) is 0 Å². The molecule has 0 aromatic heterocycles. The van der Waals surface area contributed by atoms with Gasteiger partial charge in [-0.05, 0) is 66.8 Å². The number of amidine groups is 1. The maximum absolute atomic E-state index is 5.89. The van der Waals surface area contributed by atoms with E-state index in [4.69, 9.17) is 28.6 Å². The lowest BCUT2D eigenvalue weighted by atomic mass is 9.96. The van der Waals surface area contributed by atoms with E-state index in [0.29, 0.717) is 10.1 Å². The summed E-state index contributed by atoms with van der Waals surface area (Å²) in [6, 6.07) is 14.9. The molecule has 128 valence electrons. The van der Waals surface area contributed by atoms with Crippen LogP contribution >= 0.6 is 23.8 Å². The number of halogens is 1. The second-order valence-corrected chi connectivity index (χ2v) is 6.54. The van der Waals surface area contributed by atoms with Crippen LogP contribution in [0.3, 0.4) is 0 Å². The van der Waals surface area contributed by atoms with E-state index >= 15 is 0 Å². The van der Waals surface area contributed by atoms with Crippen molar-refractivity contribution in [3.05, 3.63) is 77.9 Å². The molecule has 2 aromatic carbocycles. The highest BCUT2D eigenvalue weighted by molar-refractivity contribution is 7.80. The number of allylic oxidation sites excluding steroid dienone is 3. The third kappa shape index (κ3) is 3.74. The molecular weight excluding hydrogens is 366 g/mol. The fraction of sp³-hybridized carbons (Fsp3) is 0.0500. The summed E-state index contributed by atoms with van der Waals surface area (Å²) in [6.45, 7) is 0. The number of nitrogens with one attached hydrogen (secondary N) is 1. The maximum Gasteiger partial charge on any atom is 0.221 e. The standard InChI is InChI=1S/C20H14ClN3OS/c21-13-5-9-15(10-6-13)25-16-11-7-14(8-12-16)22-19-17-3-1-2-4-18(17)23-20(26)24-19/h1-12,17H,(H,22,24,26). The number of thiocarbonyl (C=S) groups is 1. The Balaban J connectivity index is 1.47. The topological polar surface area (TPSA) is 46.0 Å². The van der Waals surface area contributed by atoms with Crippen LogP contribution in [0.2, 0.25) is 5.02 Å². The molecule has 1 unspecified atom stereocenters. The average molecular weight is 380 g/mol. The highest BCUT2D eigenvalue weighted by atomic mass is 35.5. The number of nitrogens with zero attached hydrogens (tertiary/aromatic N) is 2. The lowest BCUT2D eigenvalue weighted by Gasteiger charge is -2.22. The van der Waals surface area contributed by atoms with Gasteiger partial charge in [0, 0.05) is 10.7 Å². The number of hydrogen-bond acceptors (Lipinski definition) is 3. The van der Waals surface area contributed by atoms with Gasteiger partial charge in [-0.2, -0.15) is 0 Å². The van der Waals surface area contributed by atoms with Gasteiger partial charge in [-0.25, -0.2) is 9.98 Å². The van der Waals surface area contributed by atoms with E-state index in [0.717, 1.165) is 28.7 Å². The fourth-order valence-corrected chi connectivity index (χ4v) is 3.01. The molecule has 1 N–H and O–H groups in total. The van der Waals surface area contributed by atoms with Gasteiger partial charge in [0.2, 0.25) is 5.11 Å². The summed E-state index contributed by atoms with van der Waals surface area (Å²) < 4.78 is 5.80. The van der Waals surface area contributed by atoms with Crippen molar-refractivity contribution in [3.8, 4) is 11.5 Å². The van der Waals surface area contributed by atoms with Crippen molar-refractivity contribution in [2.24, 2.45) is 15.9 Å². The van der Waals surface area contributed by atoms with Crippen LogP contribution in [0.15, 0.2) is 82.8 Å². The first-order valence-corrected chi connectivity index (χ1v) is 8.82. The summed E-state index contributed by atoms with van der Waals surface area (Å²) >= 11 is 11.1. The number of fused-ring (bicyclic) bond motifs is 1. The second-order valence-electron chi connectivity index (χ2n) is 5.74. The first kappa shape index (κ1) is 16.7. The number of hydrogen-bond donors (Lipinski definition) is 1. The highest BCUT2D eigenvalue weighted by Crippen LogP contribution is 2.25. The molecule has 1 aliphatic heterocycles. The number of benzene rings is 2. The molecule has 2 aliphatic rings. The van der Waals surface area contributed by atoms with Crippen molar-refractivity contribution in [1.82, 2.24) is 0 Å². The third-order valence-electron chi connectivity index (χ3n) is 3.91. The molecule has 1 aliphatic carbocycles. The first-order chi connectivity index (χ1) is 12.7. The van der Waals surface area contributed by atoms with Gasteiger partial charge in [0.05, 0.1) is 11.6 Å². The first-order valence-electron chi connectivity index (χ1n) is 8.04. The van der Waals surface area contributed by atoms with Gasteiger partial charge in [-0.3, -0.25) is 0 Å². The van der Waals surface area contributed by atoms with Crippen LogP contribution in [0.5, 0.6) is 11.5 Å². The van der Waals surface area contributed by atoms with Crippen LogP contribution in [0.1, 0.15) is 0 Å². The minimum atomic E-state index is -0.00306. The van der Waals surface area contributed by atoms with Gasteiger partial charge >= 0.3 is 0 Å². The molecule has 0 fully saturated rings. The maximum atomic E-state index is 5.89. The summed E-state index contributed by atoms with van der Waals surface area (Å²) in [7, 11) is 0.